The van der Waals surface area contributed by atoms with E-state index in [1.807, 2.05) is 37.9 Å². The molecule has 0 bridgehead atoms. The number of hydrogen-bond acceptors (Lipinski definition) is 6. The van der Waals surface area contributed by atoms with Crippen molar-refractivity contribution in [3.8, 4) is 0 Å². The zero-order chi connectivity index (χ0) is 25.4. The lowest BCUT2D eigenvalue weighted by atomic mass is 9.90. The van der Waals surface area contributed by atoms with Crippen LogP contribution in [0.4, 0.5) is 0 Å². The van der Waals surface area contributed by atoms with Gasteiger partial charge in [-0.3, -0.25) is 24.8 Å². The van der Waals surface area contributed by atoms with E-state index in [9.17, 15) is 4.79 Å². The van der Waals surface area contributed by atoms with Crippen LogP contribution < -0.4 is 5.32 Å². The lowest BCUT2D eigenvalue weighted by Crippen LogP contribution is -2.41. The van der Waals surface area contributed by atoms with E-state index in [4.69, 9.17) is 4.99 Å². The summed E-state index contributed by atoms with van der Waals surface area (Å²) < 4.78 is 0.859. The minimum absolute atomic E-state index is 0.112. The number of piperidine rings is 1. The summed E-state index contributed by atoms with van der Waals surface area (Å²) in [5, 5.41) is 3.47. The van der Waals surface area contributed by atoms with Crippen LogP contribution in [0.2, 0.25) is 0 Å². The maximum Gasteiger partial charge on any atom is 0.255 e. The molecular formula is C27H35BrN6O. The summed E-state index contributed by atoms with van der Waals surface area (Å²) in [5.74, 6) is 0.373. The number of carbonyl (C=O) groups is 1. The first-order chi connectivity index (χ1) is 16.8. The molecule has 2 aliphatic heterocycles. The molecule has 1 aromatic heterocycles. The fourth-order valence-electron chi connectivity index (χ4n) is 4.29. The van der Waals surface area contributed by atoms with Crippen LogP contribution in [0.25, 0.3) is 0 Å². The van der Waals surface area contributed by atoms with Crippen molar-refractivity contribution in [3.05, 3.63) is 63.2 Å². The Balaban J connectivity index is 1.76. The van der Waals surface area contributed by atoms with E-state index in [2.05, 4.69) is 55.3 Å². The monoisotopic (exact) mass is 538 g/mol. The molecule has 7 nitrogen and oxygen atoms in total. The standard InChI is InChI=1S/C27H35BrN6O/c1-18-14-32-21(4)26(18)27(35)34-11-8-23(9-12-34)25(33-20(3)24(28)17-29-5)13-19(2)31-16-22-7-6-10-30-15-22/h6-7,10,13,15,17,23,31H,8-9,11-12,14,16H2,1-5H3/b19-13+,24-20-,29-17?,33-25+. The van der Waals surface area contributed by atoms with Gasteiger partial charge in [0.1, 0.15) is 0 Å². The van der Waals surface area contributed by atoms with Crippen molar-refractivity contribution in [2.75, 3.05) is 26.7 Å². The quantitative estimate of drug-likeness (QED) is 0.479. The van der Waals surface area contributed by atoms with Crippen molar-refractivity contribution in [1.82, 2.24) is 15.2 Å². The van der Waals surface area contributed by atoms with Gasteiger partial charge in [0.2, 0.25) is 0 Å². The smallest absolute Gasteiger partial charge is 0.255 e. The van der Waals surface area contributed by atoms with Gasteiger partial charge in [0.25, 0.3) is 5.91 Å². The molecule has 0 atom stereocenters. The van der Waals surface area contributed by atoms with Gasteiger partial charge in [0.15, 0.2) is 0 Å². The van der Waals surface area contributed by atoms with Gasteiger partial charge < -0.3 is 10.2 Å². The van der Waals surface area contributed by atoms with Crippen molar-refractivity contribution >= 4 is 39.5 Å². The highest BCUT2D eigenvalue weighted by Gasteiger charge is 2.30. The largest absolute Gasteiger partial charge is 0.384 e. The van der Waals surface area contributed by atoms with Crippen molar-refractivity contribution < 1.29 is 4.79 Å². The second kappa shape index (κ2) is 12.7. The van der Waals surface area contributed by atoms with Crippen LogP contribution in [0.3, 0.4) is 0 Å². The number of aliphatic imine (C=N–C) groups is 3. The number of aromatic nitrogens is 1. The lowest BCUT2D eigenvalue weighted by Gasteiger charge is -2.33. The Morgan fingerprint density at radius 1 is 1.29 bits per heavy atom. The molecule has 1 N–H and O–H groups in total. The number of nitrogens with zero attached hydrogens (tertiary/aromatic N) is 5. The Bertz CT molecular complexity index is 1110. The second-order valence-corrected chi connectivity index (χ2v) is 9.88. The van der Waals surface area contributed by atoms with Crippen LogP contribution in [0.15, 0.2) is 72.6 Å². The van der Waals surface area contributed by atoms with E-state index in [-0.39, 0.29) is 11.8 Å². The van der Waals surface area contributed by atoms with Gasteiger partial charge >= 0.3 is 0 Å². The van der Waals surface area contributed by atoms with E-state index >= 15 is 0 Å². The highest BCUT2D eigenvalue weighted by Crippen LogP contribution is 2.25. The molecule has 0 unspecified atom stereocenters. The Kier molecular flexibility index (Phi) is 9.72. The van der Waals surface area contributed by atoms with Crippen LogP contribution in [0.5, 0.6) is 0 Å². The molecule has 0 saturated carbocycles. The van der Waals surface area contributed by atoms with Gasteiger partial charge in [-0.1, -0.05) is 6.07 Å². The number of carbonyl (C=O) groups excluding carboxylic acids is 1. The lowest BCUT2D eigenvalue weighted by molar-refractivity contribution is -0.127. The Labute approximate surface area is 217 Å². The van der Waals surface area contributed by atoms with Crippen LogP contribution in [0.1, 0.15) is 46.1 Å². The van der Waals surface area contributed by atoms with Gasteiger partial charge in [-0.25, -0.2) is 0 Å². The molecule has 1 aromatic rings. The van der Waals surface area contributed by atoms with E-state index in [0.29, 0.717) is 26.2 Å². The first kappa shape index (κ1) is 26.7. The molecule has 35 heavy (non-hydrogen) atoms. The zero-order valence-electron chi connectivity index (χ0n) is 21.3. The van der Waals surface area contributed by atoms with Crippen molar-refractivity contribution in [3.63, 3.8) is 0 Å². The summed E-state index contributed by atoms with van der Waals surface area (Å²) in [5.41, 5.74) is 6.78. The Hall–Kier alpha value is -2.87. The molecule has 3 heterocycles. The number of hydrogen-bond donors (Lipinski definition) is 1. The van der Waals surface area contributed by atoms with Crippen molar-refractivity contribution in [2.45, 2.75) is 47.1 Å². The van der Waals surface area contributed by atoms with Crippen LogP contribution in [0, 0.1) is 5.92 Å². The topological polar surface area (TPSA) is 82.3 Å². The summed E-state index contributed by atoms with van der Waals surface area (Å²) in [6.45, 7) is 10.7. The van der Waals surface area contributed by atoms with Gasteiger partial charge in [-0.2, -0.15) is 0 Å². The van der Waals surface area contributed by atoms with E-state index in [1.165, 1.54) is 0 Å². The van der Waals surface area contributed by atoms with E-state index in [1.54, 1.807) is 19.5 Å². The third-order valence-electron chi connectivity index (χ3n) is 6.30. The molecule has 0 radical (unpaired) electrons. The number of halogens is 1. The van der Waals surface area contributed by atoms with Gasteiger partial charge in [0, 0.05) is 68.3 Å². The van der Waals surface area contributed by atoms with E-state index in [0.717, 1.165) is 56.9 Å². The predicted octanol–water partition coefficient (Wildman–Crippen LogP) is 4.87. The predicted molar refractivity (Wildman–Crippen MR) is 148 cm³/mol. The van der Waals surface area contributed by atoms with Crippen molar-refractivity contribution in [1.29, 1.82) is 0 Å². The summed E-state index contributed by atoms with van der Waals surface area (Å²) >= 11 is 3.57. The van der Waals surface area contributed by atoms with E-state index < -0.39 is 0 Å². The fourth-order valence-corrected chi connectivity index (χ4v) is 4.58. The molecule has 2 aliphatic rings. The molecular weight excluding hydrogens is 504 g/mol. The minimum Gasteiger partial charge on any atom is -0.384 e. The molecule has 1 amide bonds. The van der Waals surface area contributed by atoms with Crippen molar-refractivity contribution in [2.24, 2.45) is 20.9 Å². The number of amides is 1. The highest BCUT2D eigenvalue weighted by molar-refractivity contribution is 9.12. The van der Waals surface area contributed by atoms with Gasteiger partial charge in [0.05, 0.1) is 22.3 Å². The number of allylic oxidation sites excluding steroid dienone is 4. The zero-order valence-corrected chi connectivity index (χ0v) is 22.9. The molecule has 0 aliphatic carbocycles. The van der Waals surface area contributed by atoms with Gasteiger partial charge in [-0.05, 0) is 79.7 Å². The summed E-state index contributed by atoms with van der Waals surface area (Å²) in [7, 11) is 1.74. The summed E-state index contributed by atoms with van der Waals surface area (Å²) in [4.78, 5) is 32.8. The van der Waals surface area contributed by atoms with Gasteiger partial charge in [-0.15, -0.1) is 0 Å². The molecule has 0 spiro atoms. The van der Waals surface area contributed by atoms with Crippen LogP contribution >= 0.6 is 15.9 Å². The van der Waals surface area contributed by atoms with Crippen LogP contribution in [-0.2, 0) is 11.3 Å². The number of nitrogens with one attached hydrogen (secondary N) is 1. The first-order valence-corrected chi connectivity index (χ1v) is 12.8. The average molecular weight is 540 g/mol. The molecule has 0 aromatic carbocycles. The van der Waals surface area contributed by atoms with Crippen LogP contribution in [-0.4, -0.2) is 60.1 Å². The number of likely N-dealkylation sites (tertiary alicyclic amines) is 1. The molecule has 1 fully saturated rings. The summed E-state index contributed by atoms with van der Waals surface area (Å²) in [6.07, 6.45) is 9.27. The normalized spacial score (nSPS) is 18.8. The molecule has 8 heteroatoms. The Morgan fingerprint density at radius 3 is 2.63 bits per heavy atom. The minimum atomic E-state index is 0.112. The number of rotatable bonds is 8. The molecule has 3 rings (SSSR count). The Morgan fingerprint density at radius 2 is 2.03 bits per heavy atom. The third-order valence-corrected chi connectivity index (χ3v) is 7.08. The third kappa shape index (κ3) is 7.31. The maximum atomic E-state index is 13.1. The summed E-state index contributed by atoms with van der Waals surface area (Å²) in [6, 6.07) is 3.99. The maximum absolute atomic E-state index is 13.1. The first-order valence-electron chi connectivity index (χ1n) is 12.0. The molecule has 186 valence electrons. The molecule has 1 saturated heterocycles. The SMILES string of the molecule is CN=C/C(Br)=C(C)/N=C(\C=C(/C)NCc1cccnc1)C1CCN(C(=O)C2=C(C)CN=C2C)CC1. The fraction of sp³-hybridized carbons (Fsp3) is 0.444. The number of pyridine rings is 1. The highest BCUT2D eigenvalue weighted by atomic mass is 79.9. The second-order valence-electron chi connectivity index (χ2n) is 9.02. The average Bonchev–Trinajstić information content (AvgIpc) is 3.20.